The lowest BCUT2D eigenvalue weighted by Crippen LogP contribution is -2.42. The van der Waals surface area contributed by atoms with E-state index in [9.17, 15) is 0 Å². The molecule has 1 atom stereocenters. The van der Waals surface area contributed by atoms with Crippen LogP contribution in [0.1, 0.15) is 32.1 Å². The summed E-state index contributed by atoms with van der Waals surface area (Å²) >= 11 is 0. The summed E-state index contributed by atoms with van der Waals surface area (Å²) in [5.74, 6) is 1.66. The lowest BCUT2D eigenvalue weighted by atomic mass is 9.86. The van der Waals surface area contributed by atoms with E-state index >= 15 is 0 Å². The van der Waals surface area contributed by atoms with Crippen LogP contribution in [0.4, 0.5) is 0 Å². The Hall–Kier alpha value is -1.03. The number of rotatable bonds is 4. The van der Waals surface area contributed by atoms with Gasteiger partial charge in [0.15, 0.2) is 12.0 Å². The molecule has 0 amide bonds. The first-order valence-corrected chi connectivity index (χ1v) is 6.78. The van der Waals surface area contributed by atoms with Gasteiger partial charge in [0, 0.05) is 19.3 Å². The van der Waals surface area contributed by atoms with E-state index in [4.69, 9.17) is 4.74 Å². The third-order valence-corrected chi connectivity index (χ3v) is 3.91. The number of ether oxygens (including phenoxy) is 1. The fraction of sp³-hybridized carbons (Fsp3) is 0.769. The molecular formula is C13H21N3O. The van der Waals surface area contributed by atoms with Gasteiger partial charge in [0.1, 0.15) is 0 Å². The molecular weight excluding hydrogens is 214 g/mol. The molecule has 2 heterocycles. The first-order valence-electron chi connectivity index (χ1n) is 6.78. The number of nitrogens with one attached hydrogen (secondary N) is 1. The van der Waals surface area contributed by atoms with Gasteiger partial charge in [-0.3, -0.25) is 4.90 Å². The summed E-state index contributed by atoms with van der Waals surface area (Å²) < 4.78 is 5.73. The van der Waals surface area contributed by atoms with Crippen molar-refractivity contribution in [3.05, 3.63) is 12.0 Å². The largest absolute Gasteiger partial charge is 0.490 e. The van der Waals surface area contributed by atoms with Crippen molar-refractivity contribution in [1.82, 2.24) is 10.2 Å². The number of hydrogen-bond acceptors (Lipinski definition) is 4. The van der Waals surface area contributed by atoms with E-state index < -0.39 is 0 Å². The zero-order valence-electron chi connectivity index (χ0n) is 10.3. The first-order chi connectivity index (χ1) is 8.42. The molecule has 4 heteroatoms. The Kier molecular flexibility index (Phi) is 3.31. The standard InChI is InChI=1S/C13H21N3O/c1-2-7-16(6-1)13-14-8-12(9-15-13)17-10-11-4-3-5-11/h8-9,11,13-14H,1-7,10H2. The summed E-state index contributed by atoms with van der Waals surface area (Å²) in [6.45, 7) is 3.16. The van der Waals surface area contributed by atoms with Gasteiger partial charge in [-0.05, 0) is 31.6 Å². The van der Waals surface area contributed by atoms with E-state index in [-0.39, 0.29) is 6.29 Å². The van der Waals surface area contributed by atoms with Crippen LogP contribution in [0, 0.1) is 5.92 Å². The monoisotopic (exact) mass is 235 g/mol. The van der Waals surface area contributed by atoms with Crippen LogP contribution in [0.5, 0.6) is 0 Å². The molecule has 0 aromatic rings. The van der Waals surface area contributed by atoms with Crippen LogP contribution in [0.2, 0.25) is 0 Å². The van der Waals surface area contributed by atoms with Gasteiger partial charge >= 0.3 is 0 Å². The Labute approximate surface area is 103 Å². The summed E-state index contributed by atoms with van der Waals surface area (Å²) in [4.78, 5) is 6.88. The molecule has 4 nitrogen and oxygen atoms in total. The van der Waals surface area contributed by atoms with E-state index in [2.05, 4.69) is 15.2 Å². The second-order valence-corrected chi connectivity index (χ2v) is 5.22. The third kappa shape index (κ3) is 2.63. The molecule has 1 aliphatic carbocycles. The van der Waals surface area contributed by atoms with Crippen molar-refractivity contribution in [2.24, 2.45) is 10.9 Å². The predicted molar refractivity (Wildman–Crippen MR) is 67.6 cm³/mol. The van der Waals surface area contributed by atoms with Crippen molar-refractivity contribution < 1.29 is 4.74 Å². The summed E-state index contributed by atoms with van der Waals surface area (Å²) in [5, 5.41) is 3.31. The van der Waals surface area contributed by atoms with Crippen LogP contribution in [-0.2, 0) is 4.74 Å². The zero-order chi connectivity index (χ0) is 11.5. The summed E-state index contributed by atoms with van der Waals surface area (Å²) in [6.07, 6.45) is 10.6. The van der Waals surface area contributed by atoms with Crippen LogP contribution in [-0.4, -0.2) is 37.1 Å². The number of nitrogens with zero attached hydrogens (tertiary/aromatic N) is 2. The van der Waals surface area contributed by atoms with Gasteiger partial charge in [-0.1, -0.05) is 6.42 Å². The maximum Gasteiger partial charge on any atom is 0.176 e. The van der Waals surface area contributed by atoms with Crippen LogP contribution in [0.3, 0.4) is 0 Å². The maximum atomic E-state index is 5.73. The molecule has 0 bridgehead atoms. The number of allylic oxidation sites excluding steroid dienone is 1. The minimum atomic E-state index is 0.133. The Morgan fingerprint density at radius 1 is 1.29 bits per heavy atom. The summed E-state index contributed by atoms with van der Waals surface area (Å²) in [5.41, 5.74) is 0. The highest BCUT2D eigenvalue weighted by Crippen LogP contribution is 2.27. The average Bonchev–Trinajstić information content (AvgIpc) is 2.81. The second kappa shape index (κ2) is 5.08. The highest BCUT2D eigenvalue weighted by molar-refractivity contribution is 5.76. The van der Waals surface area contributed by atoms with E-state index in [1.54, 1.807) is 0 Å². The Balaban J connectivity index is 1.44. The molecule has 1 N–H and O–H groups in total. The molecule has 1 unspecified atom stereocenters. The fourth-order valence-electron chi connectivity index (χ4n) is 2.52. The van der Waals surface area contributed by atoms with Crippen LogP contribution in [0.25, 0.3) is 0 Å². The van der Waals surface area contributed by atoms with Gasteiger partial charge in [-0.15, -0.1) is 0 Å². The highest BCUT2D eigenvalue weighted by Gasteiger charge is 2.22. The zero-order valence-corrected chi connectivity index (χ0v) is 10.3. The molecule has 17 heavy (non-hydrogen) atoms. The van der Waals surface area contributed by atoms with Crippen LogP contribution in [0.15, 0.2) is 17.0 Å². The summed E-state index contributed by atoms with van der Waals surface area (Å²) in [6, 6.07) is 0. The molecule has 3 rings (SSSR count). The predicted octanol–water partition coefficient (Wildman–Crippen LogP) is 1.70. The van der Waals surface area contributed by atoms with Crippen molar-refractivity contribution in [2.45, 2.75) is 38.4 Å². The lowest BCUT2D eigenvalue weighted by Gasteiger charge is -2.28. The minimum Gasteiger partial charge on any atom is -0.490 e. The Bertz CT molecular complexity index is 317. The quantitative estimate of drug-likeness (QED) is 0.805. The normalized spacial score (nSPS) is 29.6. The van der Waals surface area contributed by atoms with E-state index in [0.29, 0.717) is 0 Å². The van der Waals surface area contributed by atoms with E-state index in [1.165, 1.54) is 32.1 Å². The molecule has 0 aromatic heterocycles. The topological polar surface area (TPSA) is 36.9 Å². The van der Waals surface area contributed by atoms with Crippen molar-refractivity contribution in [1.29, 1.82) is 0 Å². The molecule has 94 valence electrons. The van der Waals surface area contributed by atoms with Crippen molar-refractivity contribution in [3.8, 4) is 0 Å². The maximum absolute atomic E-state index is 5.73. The van der Waals surface area contributed by atoms with Gasteiger partial charge in [-0.25, -0.2) is 4.99 Å². The Morgan fingerprint density at radius 2 is 2.12 bits per heavy atom. The van der Waals surface area contributed by atoms with Gasteiger partial charge in [-0.2, -0.15) is 0 Å². The van der Waals surface area contributed by atoms with Crippen molar-refractivity contribution in [2.75, 3.05) is 19.7 Å². The van der Waals surface area contributed by atoms with Gasteiger partial charge in [0.05, 0.1) is 12.8 Å². The molecule has 0 aromatic carbocycles. The SMILES string of the molecule is C1=NC(N2CCCC2)NC=C1OCC1CCC1. The van der Waals surface area contributed by atoms with E-state index in [0.717, 1.165) is 31.4 Å². The molecule has 3 aliphatic rings. The van der Waals surface area contributed by atoms with E-state index in [1.807, 2.05) is 12.4 Å². The molecule has 2 aliphatic heterocycles. The first kappa shape index (κ1) is 11.1. The average molecular weight is 235 g/mol. The fourth-order valence-corrected chi connectivity index (χ4v) is 2.52. The molecule has 1 saturated carbocycles. The molecule has 2 fully saturated rings. The third-order valence-electron chi connectivity index (χ3n) is 3.91. The van der Waals surface area contributed by atoms with Crippen molar-refractivity contribution in [3.63, 3.8) is 0 Å². The van der Waals surface area contributed by atoms with Crippen LogP contribution < -0.4 is 5.32 Å². The summed E-state index contributed by atoms with van der Waals surface area (Å²) in [7, 11) is 0. The Morgan fingerprint density at radius 3 is 2.71 bits per heavy atom. The minimum absolute atomic E-state index is 0.133. The number of hydrogen-bond donors (Lipinski definition) is 1. The lowest BCUT2D eigenvalue weighted by molar-refractivity contribution is 0.128. The highest BCUT2D eigenvalue weighted by atomic mass is 16.5. The van der Waals surface area contributed by atoms with Gasteiger partial charge in [0.25, 0.3) is 0 Å². The smallest absolute Gasteiger partial charge is 0.176 e. The van der Waals surface area contributed by atoms with Crippen LogP contribution >= 0.6 is 0 Å². The second-order valence-electron chi connectivity index (χ2n) is 5.22. The molecule has 0 radical (unpaired) electrons. The molecule has 0 spiro atoms. The number of likely N-dealkylation sites (tertiary alicyclic amines) is 1. The van der Waals surface area contributed by atoms with Gasteiger partial charge < -0.3 is 10.1 Å². The number of aliphatic imine (C=N–C) groups is 1. The molecule has 1 saturated heterocycles. The van der Waals surface area contributed by atoms with Crippen molar-refractivity contribution >= 4 is 6.21 Å². The van der Waals surface area contributed by atoms with Gasteiger partial charge in [0.2, 0.25) is 0 Å².